The average molecular weight is 317 g/mol. The molecule has 2 rings (SSSR count). The summed E-state index contributed by atoms with van der Waals surface area (Å²) in [4.78, 5) is 26.8. The molecule has 1 aliphatic rings. The number of carbonyl (C=O) groups excluding carboxylic acids is 2. The summed E-state index contributed by atoms with van der Waals surface area (Å²) in [6, 6.07) is 8.29. The van der Waals surface area contributed by atoms with Gasteiger partial charge in [-0.1, -0.05) is 49.6 Å². The van der Waals surface area contributed by atoms with Crippen LogP contribution in [-0.2, 0) is 9.59 Å². The zero-order valence-electron chi connectivity index (χ0n) is 14.0. The first kappa shape index (κ1) is 17.5. The quantitative estimate of drug-likeness (QED) is 0.872. The van der Waals surface area contributed by atoms with Crippen LogP contribution in [0.15, 0.2) is 30.3 Å². The number of carbonyl (C=O) groups is 2. The van der Waals surface area contributed by atoms with Crippen LogP contribution in [0.5, 0.6) is 0 Å². The molecule has 1 saturated carbocycles. The molecule has 1 aromatic rings. The summed E-state index contributed by atoms with van der Waals surface area (Å²) >= 11 is 0. The molecule has 3 N–H and O–H groups in total. The summed E-state index contributed by atoms with van der Waals surface area (Å²) in [5.74, 6) is -0.388. The smallest absolute Gasteiger partial charge is 0.249 e. The normalized spacial score (nSPS) is 18.0. The van der Waals surface area contributed by atoms with E-state index in [1.165, 1.54) is 6.42 Å². The second-order valence-corrected chi connectivity index (χ2v) is 6.38. The Labute approximate surface area is 138 Å². The Kier molecular flexibility index (Phi) is 6.16. The van der Waals surface area contributed by atoms with Gasteiger partial charge in [0.25, 0.3) is 0 Å². The minimum atomic E-state index is -0.679. The lowest BCUT2D eigenvalue weighted by Gasteiger charge is -2.34. The van der Waals surface area contributed by atoms with Gasteiger partial charge in [-0.15, -0.1) is 0 Å². The van der Waals surface area contributed by atoms with Gasteiger partial charge in [0.1, 0.15) is 6.04 Å². The van der Waals surface area contributed by atoms with E-state index in [1.807, 2.05) is 37.4 Å². The summed E-state index contributed by atoms with van der Waals surface area (Å²) < 4.78 is 0. The van der Waals surface area contributed by atoms with Crippen molar-refractivity contribution in [3.8, 4) is 0 Å². The van der Waals surface area contributed by atoms with Gasteiger partial charge in [-0.2, -0.15) is 0 Å². The molecular formula is C18H27N3O2. The number of rotatable bonds is 5. The molecule has 2 amide bonds. The highest BCUT2D eigenvalue weighted by molar-refractivity contribution is 5.90. The number of likely N-dealkylation sites (N-methyl/N-ethyl adjacent to an activating group) is 1. The van der Waals surface area contributed by atoms with E-state index in [2.05, 4.69) is 5.32 Å². The van der Waals surface area contributed by atoms with Crippen molar-refractivity contribution in [1.82, 2.24) is 10.2 Å². The molecule has 1 unspecified atom stereocenters. The highest BCUT2D eigenvalue weighted by Gasteiger charge is 2.30. The number of nitrogens with one attached hydrogen (secondary N) is 1. The Morgan fingerprint density at radius 1 is 1.17 bits per heavy atom. The third-order valence-corrected chi connectivity index (χ3v) is 4.55. The predicted octanol–water partition coefficient (Wildman–Crippen LogP) is 1.98. The van der Waals surface area contributed by atoms with Crippen LogP contribution >= 0.6 is 0 Å². The minimum Gasteiger partial charge on any atom is -0.341 e. The monoisotopic (exact) mass is 317 g/mol. The number of benzene rings is 1. The Bertz CT molecular complexity index is 524. The van der Waals surface area contributed by atoms with Crippen molar-refractivity contribution in [3.05, 3.63) is 35.9 Å². The van der Waals surface area contributed by atoms with E-state index in [1.54, 1.807) is 11.8 Å². The van der Waals surface area contributed by atoms with E-state index in [4.69, 9.17) is 5.73 Å². The fourth-order valence-corrected chi connectivity index (χ4v) is 3.06. The van der Waals surface area contributed by atoms with E-state index >= 15 is 0 Å². The van der Waals surface area contributed by atoms with Crippen LogP contribution in [0, 0.1) is 0 Å². The molecule has 23 heavy (non-hydrogen) atoms. The molecular weight excluding hydrogens is 290 g/mol. The third-order valence-electron chi connectivity index (χ3n) is 4.55. The molecule has 1 aromatic carbocycles. The highest BCUT2D eigenvalue weighted by atomic mass is 16.2. The van der Waals surface area contributed by atoms with Crippen LogP contribution < -0.4 is 11.1 Å². The Hall–Kier alpha value is -1.88. The highest BCUT2D eigenvalue weighted by Crippen LogP contribution is 2.24. The average Bonchev–Trinajstić information content (AvgIpc) is 2.59. The summed E-state index contributed by atoms with van der Waals surface area (Å²) in [7, 11) is 1.84. The first-order valence-electron chi connectivity index (χ1n) is 8.38. The van der Waals surface area contributed by atoms with E-state index in [9.17, 15) is 9.59 Å². The van der Waals surface area contributed by atoms with Gasteiger partial charge in [0, 0.05) is 13.1 Å². The van der Waals surface area contributed by atoms with Gasteiger partial charge < -0.3 is 16.0 Å². The van der Waals surface area contributed by atoms with Gasteiger partial charge in [0.05, 0.1) is 6.04 Å². The van der Waals surface area contributed by atoms with E-state index < -0.39 is 12.1 Å². The Balaban J connectivity index is 2.18. The van der Waals surface area contributed by atoms with Crippen molar-refractivity contribution in [1.29, 1.82) is 0 Å². The van der Waals surface area contributed by atoms with Crippen LogP contribution in [0.4, 0.5) is 0 Å². The molecule has 1 aliphatic carbocycles. The van der Waals surface area contributed by atoms with Crippen molar-refractivity contribution in [2.45, 2.75) is 57.2 Å². The number of hydrogen-bond donors (Lipinski definition) is 2. The zero-order valence-corrected chi connectivity index (χ0v) is 14.0. The summed E-state index contributed by atoms with van der Waals surface area (Å²) in [5, 5.41) is 2.80. The van der Waals surface area contributed by atoms with Crippen LogP contribution in [0.2, 0.25) is 0 Å². The van der Waals surface area contributed by atoms with Crippen LogP contribution in [-0.4, -0.2) is 35.8 Å². The summed E-state index contributed by atoms with van der Waals surface area (Å²) in [6.07, 6.45) is 5.62. The number of amides is 2. The lowest BCUT2D eigenvalue weighted by molar-refractivity contribution is -0.138. The van der Waals surface area contributed by atoms with E-state index in [0.717, 1.165) is 31.2 Å². The maximum atomic E-state index is 13.0. The third kappa shape index (κ3) is 4.55. The lowest BCUT2D eigenvalue weighted by atomic mass is 9.93. The van der Waals surface area contributed by atoms with Gasteiger partial charge in [-0.25, -0.2) is 0 Å². The SMILES string of the molecule is C[C@H](N)C(=O)NC(C(=O)N(C)C1CCCCC1)c1ccccc1. The predicted molar refractivity (Wildman–Crippen MR) is 90.6 cm³/mol. The molecule has 0 radical (unpaired) electrons. The molecule has 5 heteroatoms. The lowest BCUT2D eigenvalue weighted by Crippen LogP contribution is -2.48. The minimum absolute atomic E-state index is 0.0721. The second-order valence-electron chi connectivity index (χ2n) is 6.38. The Morgan fingerprint density at radius 2 is 1.78 bits per heavy atom. The maximum Gasteiger partial charge on any atom is 0.249 e. The molecule has 0 saturated heterocycles. The standard InChI is InChI=1S/C18H27N3O2/c1-13(19)17(22)20-16(14-9-5-3-6-10-14)18(23)21(2)15-11-7-4-8-12-15/h3,5-6,9-10,13,15-16H,4,7-8,11-12,19H2,1-2H3,(H,20,22)/t13-,16?/m0/s1. The van der Waals surface area contributed by atoms with Gasteiger partial charge in [0.2, 0.25) is 11.8 Å². The van der Waals surface area contributed by atoms with Crippen molar-refractivity contribution in [3.63, 3.8) is 0 Å². The molecule has 2 atom stereocenters. The van der Waals surface area contributed by atoms with Crippen molar-refractivity contribution in [2.75, 3.05) is 7.05 Å². The molecule has 0 heterocycles. The second kappa shape index (κ2) is 8.11. The fourth-order valence-electron chi connectivity index (χ4n) is 3.06. The van der Waals surface area contributed by atoms with Crippen molar-refractivity contribution >= 4 is 11.8 Å². The first-order valence-corrected chi connectivity index (χ1v) is 8.38. The van der Waals surface area contributed by atoms with E-state index in [-0.39, 0.29) is 17.9 Å². The van der Waals surface area contributed by atoms with Gasteiger partial charge in [-0.3, -0.25) is 9.59 Å². The van der Waals surface area contributed by atoms with Gasteiger partial charge in [0.15, 0.2) is 0 Å². The van der Waals surface area contributed by atoms with Gasteiger partial charge >= 0.3 is 0 Å². The molecule has 126 valence electrons. The zero-order chi connectivity index (χ0) is 16.8. The number of nitrogens with two attached hydrogens (primary N) is 1. The molecule has 1 fully saturated rings. The molecule has 0 aromatic heterocycles. The summed E-state index contributed by atoms with van der Waals surface area (Å²) in [6.45, 7) is 1.62. The fraction of sp³-hybridized carbons (Fsp3) is 0.556. The van der Waals surface area contributed by atoms with Crippen molar-refractivity contribution < 1.29 is 9.59 Å². The maximum absolute atomic E-state index is 13.0. The Morgan fingerprint density at radius 3 is 2.35 bits per heavy atom. The van der Waals surface area contributed by atoms with E-state index in [0.29, 0.717) is 0 Å². The van der Waals surface area contributed by atoms with Crippen LogP contribution in [0.1, 0.15) is 50.6 Å². The number of hydrogen-bond acceptors (Lipinski definition) is 3. The largest absolute Gasteiger partial charge is 0.341 e. The topological polar surface area (TPSA) is 75.4 Å². The molecule has 0 bridgehead atoms. The van der Waals surface area contributed by atoms with Crippen molar-refractivity contribution in [2.24, 2.45) is 5.73 Å². The van der Waals surface area contributed by atoms with Crippen LogP contribution in [0.25, 0.3) is 0 Å². The molecule has 0 aliphatic heterocycles. The molecule has 5 nitrogen and oxygen atoms in total. The van der Waals surface area contributed by atoms with Crippen LogP contribution in [0.3, 0.4) is 0 Å². The first-order chi connectivity index (χ1) is 11.0. The number of nitrogens with zero attached hydrogens (tertiary/aromatic N) is 1. The molecule has 0 spiro atoms. The van der Waals surface area contributed by atoms with Gasteiger partial charge in [-0.05, 0) is 25.3 Å². The summed E-state index contributed by atoms with van der Waals surface area (Å²) in [5.41, 5.74) is 6.43.